The van der Waals surface area contributed by atoms with Crippen LogP contribution in [0.25, 0.3) is 0 Å². The van der Waals surface area contributed by atoms with Crippen molar-refractivity contribution in [1.29, 1.82) is 0 Å². The lowest BCUT2D eigenvalue weighted by Crippen LogP contribution is -2.40. The first kappa shape index (κ1) is 20.5. The van der Waals surface area contributed by atoms with Crippen molar-refractivity contribution in [2.24, 2.45) is 5.92 Å². The fourth-order valence-electron chi connectivity index (χ4n) is 2.51. The smallest absolute Gasteiger partial charge is 0.247 e. The van der Waals surface area contributed by atoms with Crippen LogP contribution in [0.15, 0.2) is 23.1 Å². The van der Waals surface area contributed by atoms with Gasteiger partial charge in [-0.1, -0.05) is 17.7 Å². The van der Waals surface area contributed by atoms with Crippen molar-refractivity contribution in [3.05, 3.63) is 23.2 Å². The van der Waals surface area contributed by atoms with Crippen molar-refractivity contribution < 1.29 is 13.6 Å². The molecule has 1 amide bonds. The molecule has 1 fully saturated rings. The predicted octanol–water partition coefficient (Wildman–Crippen LogP) is 4.45. The molecule has 2 rings (SSSR count). The standard InChI is InChI=1S/C15H19ClF2N2OS.ClH/c1-9-7-10(5-6-19-9)15(21)20-12-4-2-3-11(16)14(12)22-8-13(17)18;/h2-4,9-10,13,19H,5-8H2,1H3,(H,20,21);1H/t9-,10-;/m0./s1. The Bertz CT molecular complexity index is 534. The highest BCUT2D eigenvalue weighted by Crippen LogP contribution is 2.35. The number of benzene rings is 1. The predicted molar refractivity (Wildman–Crippen MR) is 94.2 cm³/mol. The first-order valence-corrected chi connectivity index (χ1v) is 8.57. The van der Waals surface area contributed by atoms with Crippen molar-refractivity contribution in [3.8, 4) is 0 Å². The van der Waals surface area contributed by atoms with Crippen LogP contribution in [0, 0.1) is 5.92 Å². The average molecular weight is 385 g/mol. The molecule has 0 spiro atoms. The van der Waals surface area contributed by atoms with Gasteiger partial charge in [0.25, 0.3) is 0 Å². The highest BCUT2D eigenvalue weighted by Gasteiger charge is 2.25. The molecular formula is C15H20Cl2F2N2OS. The van der Waals surface area contributed by atoms with Gasteiger partial charge in [-0.2, -0.15) is 0 Å². The van der Waals surface area contributed by atoms with E-state index in [0.29, 0.717) is 21.6 Å². The Hall–Kier alpha value is -0.560. The maximum Gasteiger partial charge on any atom is 0.247 e. The zero-order chi connectivity index (χ0) is 16.1. The molecule has 1 aromatic carbocycles. The van der Waals surface area contributed by atoms with Gasteiger partial charge in [-0.25, -0.2) is 8.78 Å². The second kappa shape index (κ2) is 9.67. The van der Waals surface area contributed by atoms with Gasteiger partial charge in [0.1, 0.15) is 0 Å². The number of carbonyl (C=O) groups excluding carboxylic acids is 1. The van der Waals surface area contributed by atoms with Crippen LogP contribution in [-0.4, -0.2) is 30.7 Å². The average Bonchev–Trinajstić information content (AvgIpc) is 2.46. The zero-order valence-electron chi connectivity index (χ0n) is 12.7. The molecule has 23 heavy (non-hydrogen) atoms. The van der Waals surface area contributed by atoms with Crippen LogP contribution in [0.2, 0.25) is 5.02 Å². The lowest BCUT2D eigenvalue weighted by atomic mass is 9.92. The topological polar surface area (TPSA) is 41.1 Å². The Morgan fingerprint density at radius 2 is 2.26 bits per heavy atom. The van der Waals surface area contributed by atoms with E-state index in [1.54, 1.807) is 18.2 Å². The zero-order valence-corrected chi connectivity index (χ0v) is 15.0. The Kier molecular flexibility index (Phi) is 8.61. The molecule has 0 saturated carbocycles. The molecule has 3 nitrogen and oxygen atoms in total. The number of alkyl halides is 2. The van der Waals surface area contributed by atoms with Crippen LogP contribution in [0.5, 0.6) is 0 Å². The molecule has 130 valence electrons. The molecule has 0 aromatic heterocycles. The summed E-state index contributed by atoms with van der Waals surface area (Å²) in [5.41, 5.74) is 0.509. The number of amides is 1. The summed E-state index contributed by atoms with van der Waals surface area (Å²) in [6.45, 7) is 2.85. The largest absolute Gasteiger partial charge is 0.325 e. The maximum absolute atomic E-state index is 12.4. The summed E-state index contributed by atoms with van der Waals surface area (Å²) < 4.78 is 24.8. The number of carbonyl (C=O) groups is 1. The van der Waals surface area contributed by atoms with Crippen molar-refractivity contribution in [1.82, 2.24) is 5.32 Å². The van der Waals surface area contributed by atoms with Gasteiger partial charge >= 0.3 is 0 Å². The van der Waals surface area contributed by atoms with E-state index in [1.807, 2.05) is 6.92 Å². The lowest BCUT2D eigenvalue weighted by molar-refractivity contribution is -0.120. The third-order valence-electron chi connectivity index (χ3n) is 3.57. The highest BCUT2D eigenvalue weighted by atomic mass is 35.5. The third-order valence-corrected chi connectivity index (χ3v) is 5.15. The first-order chi connectivity index (χ1) is 10.5. The van der Waals surface area contributed by atoms with Gasteiger partial charge in [0.15, 0.2) is 0 Å². The van der Waals surface area contributed by atoms with E-state index in [9.17, 15) is 13.6 Å². The molecule has 1 aromatic rings. The fraction of sp³-hybridized carbons (Fsp3) is 0.533. The van der Waals surface area contributed by atoms with Crippen molar-refractivity contribution in [2.45, 2.75) is 37.1 Å². The van der Waals surface area contributed by atoms with Gasteiger partial charge in [0, 0.05) is 16.9 Å². The molecule has 1 aliphatic heterocycles. The molecule has 1 aliphatic rings. The number of hydrogen-bond donors (Lipinski definition) is 2. The molecule has 0 aliphatic carbocycles. The van der Waals surface area contributed by atoms with Crippen molar-refractivity contribution >= 4 is 47.4 Å². The number of halogens is 4. The lowest BCUT2D eigenvalue weighted by Gasteiger charge is -2.27. The summed E-state index contributed by atoms with van der Waals surface area (Å²) in [7, 11) is 0. The molecule has 0 bridgehead atoms. The summed E-state index contributed by atoms with van der Waals surface area (Å²) in [6.07, 6.45) is -0.877. The number of thioether (sulfide) groups is 1. The van der Waals surface area contributed by atoms with Crippen LogP contribution in [0.1, 0.15) is 19.8 Å². The summed E-state index contributed by atoms with van der Waals surface area (Å²) in [5.74, 6) is -0.491. The maximum atomic E-state index is 12.4. The van der Waals surface area contributed by atoms with Gasteiger partial charge < -0.3 is 10.6 Å². The number of nitrogens with one attached hydrogen (secondary N) is 2. The molecule has 2 N–H and O–H groups in total. The van der Waals surface area contributed by atoms with Gasteiger partial charge in [-0.05, 0) is 38.4 Å². The summed E-state index contributed by atoms with van der Waals surface area (Å²) in [4.78, 5) is 12.9. The molecular weight excluding hydrogens is 365 g/mol. The summed E-state index contributed by atoms with van der Waals surface area (Å²) >= 11 is 7.04. The van der Waals surface area contributed by atoms with Crippen LogP contribution in [-0.2, 0) is 4.79 Å². The van der Waals surface area contributed by atoms with E-state index in [4.69, 9.17) is 11.6 Å². The van der Waals surface area contributed by atoms with E-state index >= 15 is 0 Å². The number of piperidine rings is 1. The van der Waals surface area contributed by atoms with Crippen molar-refractivity contribution in [3.63, 3.8) is 0 Å². The number of rotatable bonds is 5. The van der Waals surface area contributed by atoms with Crippen LogP contribution in [0.3, 0.4) is 0 Å². The first-order valence-electron chi connectivity index (χ1n) is 7.21. The quantitative estimate of drug-likeness (QED) is 0.736. The minimum atomic E-state index is -2.42. The Labute approximate surface area is 150 Å². The van der Waals surface area contributed by atoms with E-state index < -0.39 is 6.43 Å². The van der Waals surface area contributed by atoms with Crippen LogP contribution >= 0.6 is 35.8 Å². The molecule has 0 radical (unpaired) electrons. The van der Waals surface area contributed by atoms with Gasteiger partial charge in [-0.15, -0.1) is 24.2 Å². The van der Waals surface area contributed by atoms with E-state index in [0.717, 1.165) is 31.1 Å². The normalized spacial score (nSPS) is 20.9. The number of anilines is 1. The minimum Gasteiger partial charge on any atom is -0.325 e. The van der Waals surface area contributed by atoms with Gasteiger partial charge in [0.2, 0.25) is 12.3 Å². The van der Waals surface area contributed by atoms with E-state index in [-0.39, 0.29) is 30.0 Å². The molecule has 1 saturated heterocycles. The minimum absolute atomic E-state index is 0. The Morgan fingerprint density at radius 1 is 1.52 bits per heavy atom. The number of hydrogen-bond acceptors (Lipinski definition) is 3. The summed E-state index contributed by atoms with van der Waals surface area (Å²) in [5, 5.41) is 6.52. The molecule has 0 unspecified atom stereocenters. The van der Waals surface area contributed by atoms with Crippen LogP contribution in [0.4, 0.5) is 14.5 Å². The fourth-order valence-corrected chi connectivity index (χ4v) is 3.62. The second-order valence-electron chi connectivity index (χ2n) is 5.38. The summed E-state index contributed by atoms with van der Waals surface area (Å²) in [6, 6.07) is 5.34. The molecule has 2 atom stereocenters. The van der Waals surface area contributed by atoms with E-state index in [2.05, 4.69) is 10.6 Å². The van der Waals surface area contributed by atoms with Gasteiger partial charge in [-0.3, -0.25) is 4.79 Å². The second-order valence-corrected chi connectivity index (χ2v) is 6.82. The third kappa shape index (κ3) is 6.10. The molecule has 1 heterocycles. The Morgan fingerprint density at radius 3 is 2.91 bits per heavy atom. The van der Waals surface area contributed by atoms with Crippen molar-refractivity contribution in [2.75, 3.05) is 17.6 Å². The Balaban J connectivity index is 0.00000264. The molecule has 8 heteroatoms. The SMILES string of the molecule is C[C@H]1C[C@@H](C(=O)Nc2cccc(Cl)c2SCC(F)F)CCN1.Cl. The van der Waals surface area contributed by atoms with Gasteiger partial charge in [0.05, 0.1) is 16.5 Å². The van der Waals surface area contributed by atoms with Crippen LogP contribution < -0.4 is 10.6 Å². The van der Waals surface area contributed by atoms with E-state index in [1.165, 1.54) is 0 Å². The highest BCUT2D eigenvalue weighted by molar-refractivity contribution is 7.99. The monoisotopic (exact) mass is 384 g/mol.